The molecule has 2 aromatic rings. The summed E-state index contributed by atoms with van der Waals surface area (Å²) in [6, 6.07) is 15.4. The largest absolute Gasteiger partial charge is 0.388 e. The maximum absolute atomic E-state index is 5.67. The van der Waals surface area contributed by atoms with E-state index in [1.54, 1.807) is 0 Å². The molecule has 5 heteroatoms. The fraction of sp³-hybridized carbons (Fsp3) is 0.458. The van der Waals surface area contributed by atoms with Gasteiger partial charge in [0.1, 0.15) is 5.84 Å². The second kappa shape index (κ2) is 8.76. The second-order valence-corrected chi connectivity index (χ2v) is 8.45. The third kappa shape index (κ3) is 3.64. The molecule has 0 radical (unpaired) electrons. The van der Waals surface area contributed by atoms with Gasteiger partial charge in [-0.15, -0.1) is 12.4 Å². The van der Waals surface area contributed by atoms with Gasteiger partial charge in [0.15, 0.2) is 0 Å². The fourth-order valence-corrected chi connectivity index (χ4v) is 5.35. The zero-order valence-electron chi connectivity index (χ0n) is 17.7. The van der Waals surface area contributed by atoms with Crippen molar-refractivity contribution in [2.75, 3.05) is 30.8 Å². The summed E-state index contributed by atoms with van der Waals surface area (Å²) in [7, 11) is 2.02. The Hall–Kier alpha value is -2.04. The molecule has 1 aliphatic heterocycles. The number of nitrogens with two attached hydrogens (primary N) is 1. The Labute approximate surface area is 180 Å². The molecule has 0 aromatic heterocycles. The molecule has 0 fully saturated rings. The van der Waals surface area contributed by atoms with Crippen LogP contribution in [0.25, 0.3) is 0 Å². The van der Waals surface area contributed by atoms with E-state index in [0.29, 0.717) is 11.8 Å². The van der Waals surface area contributed by atoms with Gasteiger partial charge in [-0.25, -0.2) is 0 Å². The lowest BCUT2D eigenvalue weighted by atomic mass is 9.57. The number of aliphatic imine (C=N–C) groups is 1. The molecule has 1 aliphatic carbocycles. The van der Waals surface area contributed by atoms with Gasteiger partial charge in [-0.3, -0.25) is 4.99 Å². The van der Waals surface area contributed by atoms with Crippen LogP contribution in [0.4, 0.5) is 11.4 Å². The first-order valence-corrected chi connectivity index (χ1v) is 10.5. The molecule has 4 rings (SSSR count). The Balaban J connectivity index is 0.00000240. The van der Waals surface area contributed by atoms with Crippen LogP contribution >= 0.6 is 12.4 Å². The minimum atomic E-state index is -0.0319. The van der Waals surface area contributed by atoms with Gasteiger partial charge in [0, 0.05) is 36.3 Å². The number of nitrogens with one attached hydrogen (secondary N) is 2. The topological polar surface area (TPSA) is 62.4 Å². The smallest absolute Gasteiger partial charge is 0.108 e. The number of anilines is 2. The van der Waals surface area contributed by atoms with Crippen LogP contribution in [0, 0.1) is 5.41 Å². The number of hydrogen-bond donors (Lipinski definition) is 3. The number of para-hydroxylation sites is 1. The Morgan fingerprint density at radius 2 is 1.90 bits per heavy atom. The van der Waals surface area contributed by atoms with E-state index in [0.717, 1.165) is 38.2 Å². The Morgan fingerprint density at radius 3 is 2.66 bits per heavy atom. The number of fused-ring (bicyclic) bond motifs is 5. The Bertz CT molecular complexity index is 894. The lowest BCUT2D eigenvalue weighted by molar-refractivity contribution is 0.319. The summed E-state index contributed by atoms with van der Waals surface area (Å²) in [4.78, 5) is 5.06. The summed E-state index contributed by atoms with van der Waals surface area (Å²) in [6.07, 6.45) is 3.15. The van der Waals surface area contributed by atoms with Crippen molar-refractivity contribution in [2.45, 2.75) is 44.9 Å². The van der Waals surface area contributed by atoms with Crippen molar-refractivity contribution in [2.24, 2.45) is 16.1 Å². The van der Waals surface area contributed by atoms with E-state index < -0.39 is 0 Å². The van der Waals surface area contributed by atoms with Crippen LogP contribution in [0.3, 0.4) is 0 Å². The van der Waals surface area contributed by atoms with Crippen molar-refractivity contribution in [1.29, 1.82) is 0 Å². The average Bonchev–Trinajstić information content (AvgIpc) is 2.70. The highest BCUT2D eigenvalue weighted by atomic mass is 35.5. The molecule has 2 aliphatic rings. The van der Waals surface area contributed by atoms with Crippen molar-refractivity contribution in [3.05, 3.63) is 59.2 Å². The van der Waals surface area contributed by atoms with E-state index in [1.807, 2.05) is 7.05 Å². The SMILES string of the molecule is CNc1cccc2c1C(C)C[C@]1(C)C(=NCCCCN)Nc3ccccc3[C@H]21.Cl. The van der Waals surface area contributed by atoms with Crippen LogP contribution < -0.4 is 16.4 Å². The van der Waals surface area contributed by atoms with Crippen LogP contribution in [0.5, 0.6) is 0 Å². The number of benzene rings is 2. The van der Waals surface area contributed by atoms with Gasteiger partial charge >= 0.3 is 0 Å². The van der Waals surface area contributed by atoms with Crippen molar-refractivity contribution in [1.82, 2.24) is 0 Å². The van der Waals surface area contributed by atoms with Gasteiger partial charge in [0.25, 0.3) is 0 Å². The lowest BCUT2D eigenvalue weighted by Gasteiger charge is -2.50. The molecule has 4 nitrogen and oxygen atoms in total. The summed E-state index contributed by atoms with van der Waals surface area (Å²) >= 11 is 0. The number of amidine groups is 1. The lowest BCUT2D eigenvalue weighted by Crippen LogP contribution is -2.47. The molecule has 4 N–H and O–H groups in total. The van der Waals surface area contributed by atoms with E-state index >= 15 is 0 Å². The number of unbranched alkanes of at least 4 members (excludes halogenated alkanes) is 1. The van der Waals surface area contributed by atoms with E-state index in [1.165, 1.54) is 28.1 Å². The molecule has 0 amide bonds. The first kappa shape index (κ1) is 21.7. The summed E-state index contributed by atoms with van der Waals surface area (Å²) in [5.41, 5.74) is 12.4. The predicted molar refractivity (Wildman–Crippen MR) is 127 cm³/mol. The van der Waals surface area contributed by atoms with Gasteiger partial charge in [-0.05, 0) is 60.5 Å². The zero-order chi connectivity index (χ0) is 19.7. The van der Waals surface area contributed by atoms with Crippen LogP contribution in [-0.2, 0) is 0 Å². The average molecular weight is 413 g/mol. The molecular formula is C24H33ClN4. The molecule has 0 saturated heterocycles. The van der Waals surface area contributed by atoms with E-state index in [9.17, 15) is 0 Å². The quantitative estimate of drug-likeness (QED) is 0.579. The number of halogens is 1. The third-order valence-electron chi connectivity index (χ3n) is 6.53. The normalized spacial score (nSPS) is 25.9. The third-order valence-corrected chi connectivity index (χ3v) is 6.53. The van der Waals surface area contributed by atoms with Gasteiger partial charge in [-0.2, -0.15) is 0 Å². The summed E-state index contributed by atoms with van der Waals surface area (Å²) in [5.74, 6) is 1.93. The highest BCUT2D eigenvalue weighted by molar-refractivity contribution is 6.04. The number of nitrogens with zero attached hydrogens (tertiary/aromatic N) is 1. The minimum absolute atomic E-state index is 0. The predicted octanol–water partition coefficient (Wildman–Crippen LogP) is 5.36. The molecule has 1 unspecified atom stereocenters. The monoisotopic (exact) mass is 412 g/mol. The molecular weight excluding hydrogens is 380 g/mol. The number of rotatable bonds is 5. The van der Waals surface area contributed by atoms with Crippen LogP contribution in [0.15, 0.2) is 47.5 Å². The molecule has 0 saturated carbocycles. The van der Waals surface area contributed by atoms with E-state index in [2.05, 4.69) is 66.9 Å². The Morgan fingerprint density at radius 1 is 1.14 bits per heavy atom. The molecule has 2 aromatic carbocycles. The van der Waals surface area contributed by atoms with Crippen molar-refractivity contribution in [3.8, 4) is 0 Å². The van der Waals surface area contributed by atoms with E-state index in [-0.39, 0.29) is 17.8 Å². The van der Waals surface area contributed by atoms with Crippen molar-refractivity contribution >= 4 is 29.6 Å². The molecule has 0 bridgehead atoms. The van der Waals surface area contributed by atoms with Crippen LogP contribution in [-0.4, -0.2) is 26.0 Å². The van der Waals surface area contributed by atoms with Gasteiger partial charge in [-0.1, -0.05) is 44.2 Å². The Kier molecular flexibility index (Phi) is 6.55. The standard InChI is InChI=1S/C24H32N4.ClH/c1-16-15-24(2)22(18-10-8-12-20(26-3)21(16)18)17-9-4-5-11-19(17)28-23(24)27-14-7-6-13-25;/h4-5,8-12,16,22,26H,6-7,13-15,25H2,1-3H3,(H,27,28);1H/t16?,22-,24+;/m1./s1. The van der Waals surface area contributed by atoms with Gasteiger partial charge < -0.3 is 16.4 Å². The summed E-state index contributed by atoms with van der Waals surface area (Å²) in [5, 5.41) is 7.12. The molecule has 0 spiro atoms. The summed E-state index contributed by atoms with van der Waals surface area (Å²) in [6.45, 7) is 6.32. The molecule has 156 valence electrons. The number of hydrogen-bond acceptors (Lipinski definition) is 3. The highest BCUT2D eigenvalue weighted by Crippen LogP contribution is 2.58. The van der Waals surface area contributed by atoms with E-state index in [4.69, 9.17) is 10.7 Å². The maximum Gasteiger partial charge on any atom is 0.108 e. The van der Waals surface area contributed by atoms with Crippen LogP contribution in [0.1, 0.15) is 61.6 Å². The second-order valence-electron chi connectivity index (χ2n) is 8.45. The molecule has 1 heterocycles. The van der Waals surface area contributed by atoms with Gasteiger partial charge in [0.05, 0.1) is 0 Å². The maximum atomic E-state index is 5.67. The highest BCUT2D eigenvalue weighted by Gasteiger charge is 2.50. The zero-order valence-corrected chi connectivity index (χ0v) is 18.5. The first-order valence-electron chi connectivity index (χ1n) is 10.5. The molecule has 29 heavy (non-hydrogen) atoms. The summed E-state index contributed by atoms with van der Waals surface area (Å²) < 4.78 is 0. The van der Waals surface area contributed by atoms with Crippen LogP contribution in [0.2, 0.25) is 0 Å². The molecule has 3 atom stereocenters. The van der Waals surface area contributed by atoms with Crippen molar-refractivity contribution in [3.63, 3.8) is 0 Å². The first-order chi connectivity index (χ1) is 13.6. The minimum Gasteiger partial charge on any atom is -0.388 e. The van der Waals surface area contributed by atoms with Gasteiger partial charge in [0.2, 0.25) is 0 Å². The fourth-order valence-electron chi connectivity index (χ4n) is 5.35. The van der Waals surface area contributed by atoms with Crippen molar-refractivity contribution < 1.29 is 0 Å².